The van der Waals surface area contributed by atoms with E-state index in [9.17, 15) is 4.79 Å². The molecule has 1 aliphatic rings. The SMILES string of the molecule is CC.CC.CC(C)C1CCCCC1.CCCCC(=O)OCC.CCc1ccccc1. The van der Waals surface area contributed by atoms with Gasteiger partial charge in [-0.2, -0.15) is 0 Å². The summed E-state index contributed by atoms with van der Waals surface area (Å²) in [5.41, 5.74) is 1.41. The summed E-state index contributed by atoms with van der Waals surface area (Å²) in [7, 11) is 0. The highest BCUT2D eigenvalue weighted by molar-refractivity contribution is 5.69. The molecule has 2 rings (SSSR count). The lowest BCUT2D eigenvalue weighted by Crippen LogP contribution is -2.12. The Morgan fingerprint density at radius 2 is 1.47 bits per heavy atom. The van der Waals surface area contributed by atoms with Crippen molar-refractivity contribution in [1.82, 2.24) is 0 Å². The lowest BCUT2D eigenvalue weighted by atomic mass is 9.82. The van der Waals surface area contributed by atoms with Gasteiger partial charge in [-0.25, -0.2) is 0 Å². The Kier molecular flexibility index (Phi) is 30.8. The largest absolute Gasteiger partial charge is 0.466 e. The zero-order valence-electron chi connectivity index (χ0n) is 21.9. The molecule has 2 heteroatoms. The fourth-order valence-corrected chi connectivity index (χ4v) is 3.07. The van der Waals surface area contributed by atoms with Crippen molar-refractivity contribution in [2.45, 2.75) is 120 Å². The molecule has 0 aliphatic heterocycles. The van der Waals surface area contributed by atoms with Crippen molar-refractivity contribution < 1.29 is 9.53 Å². The number of aryl methyl sites for hydroxylation is 1. The third kappa shape index (κ3) is 23.0. The molecule has 1 saturated carbocycles. The van der Waals surface area contributed by atoms with E-state index in [2.05, 4.69) is 52.0 Å². The molecule has 178 valence electrons. The monoisotopic (exact) mass is 422 g/mol. The maximum absolute atomic E-state index is 10.6. The third-order valence-corrected chi connectivity index (χ3v) is 4.88. The van der Waals surface area contributed by atoms with Crippen LogP contribution in [0.1, 0.15) is 119 Å². The van der Waals surface area contributed by atoms with E-state index in [1.165, 1.54) is 37.7 Å². The fraction of sp³-hybridized carbons (Fsp3) is 0.750. The lowest BCUT2D eigenvalue weighted by molar-refractivity contribution is -0.143. The summed E-state index contributed by atoms with van der Waals surface area (Å²) in [6, 6.07) is 10.5. The molecular formula is C28H54O2. The second kappa shape index (κ2) is 27.7. The Labute approximate surface area is 190 Å². The van der Waals surface area contributed by atoms with E-state index in [-0.39, 0.29) is 5.97 Å². The van der Waals surface area contributed by atoms with E-state index < -0.39 is 0 Å². The van der Waals surface area contributed by atoms with Gasteiger partial charge in [0.25, 0.3) is 0 Å². The summed E-state index contributed by atoms with van der Waals surface area (Å²) in [5.74, 6) is 1.92. The standard InChI is InChI=1S/C9H18.C8H10.C7H14O2.2C2H6/c1-8(2)9-6-4-3-5-7-9;1-2-8-6-4-3-5-7-8;1-3-5-6-7(8)9-4-2;2*1-2/h8-9H,3-7H2,1-2H3;3-7H,2H2,1H3;3-6H2,1-2H3;2*1-2H3. The summed E-state index contributed by atoms with van der Waals surface area (Å²) in [6.07, 6.45) is 11.2. The van der Waals surface area contributed by atoms with Gasteiger partial charge in [-0.3, -0.25) is 4.79 Å². The molecular weight excluding hydrogens is 368 g/mol. The van der Waals surface area contributed by atoms with Crippen LogP contribution >= 0.6 is 0 Å². The topological polar surface area (TPSA) is 26.3 Å². The van der Waals surface area contributed by atoms with Crippen molar-refractivity contribution in [3.05, 3.63) is 35.9 Å². The summed E-state index contributed by atoms with van der Waals surface area (Å²) in [5, 5.41) is 0. The predicted octanol–water partition coefficient (Wildman–Crippen LogP) is 9.26. The quantitative estimate of drug-likeness (QED) is 0.427. The number of benzene rings is 1. The minimum absolute atomic E-state index is 0.0700. The van der Waals surface area contributed by atoms with Crippen LogP contribution in [-0.2, 0) is 16.0 Å². The Morgan fingerprint density at radius 3 is 1.80 bits per heavy atom. The van der Waals surface area contributed by atoms with Crippen molar-refractivity contribution in [3.8, 4) is 0 Å². The van der Waals surface area contributed by atoms with Crippen LogP contribution in [0.2, 0.25) is 0 Å². The second-order valence-corrected chi connectivity index (χ2v) is 7.39. The van der Waals surface area contributed by atoms with Crippen LogP contribution in [0.3, 0.4) is 0 Å². The summed E-state index contributed by atoms with van der Waals surface area (Å²) < 4.78 is 4.70. The molecule has 0 amide bonds. The van der Waals surface area contributed by atoms with Crippen LogP contribution in [-0.4, -0.2) is 12.6 Å². The molecule has 2 nitrogen and oxygen atoms in total. The van der Waals surface area contributed by atoms with Crippen LogP contribution in [0.15, 0.2) is 30.3 Å². The number of carbonyl (C=O) groups is 1. The molecule has 0 atom stereocenters. The molecule has 1 aromatic carbocycles. The summed E-state index contributed by atoms with van der Waals surface area (Å²) in [6.45, 7) is 19.3. The van der Waals surface area contributed by atoms with Crippen molar-refractivity contribution in [2.24, 2.45) is 11.8 Å². The molecule has 1 fully saturated rings. The average Bonchev–Trinajstić information content (AvgIpc) is 2.82. The fourth-order valence-electron chi connectivity index (χ4n) is 3.07. The van der Waals surface area contributed by atoms with Gasteiger partial charge in [-0.1, -0.05) is 124 Å². The smallest absolute Gasteiger partial charge is 0.305 e. The van der Waals surface area contributed by atoms with Gasteiger partial charge in [0.2, 0.25) is 0 Å². The van der Waals surface area contributed by atoms with Crippen molar-refractivity contribution >= 4 is 5.97 Å². The van der Waals surface area contributed by atoms with Crippen LogP contribution in [0, 0.1) is 11.8 Å². The number of hydrogen-bond acceptors (Lipinski definition) is 2. The Hall–Kier alpha value is -1.31. The highest BCUT2D eigenvalue weighted by atomic mass is 16.5. The van der Waals surface area contributed by atoms with E-state index in [1.807, 2.05) is 40.7 Å². The molecule has 0 bridgehead atoms. The maximum atomic E-state index is 10.6. The van der Waals surface area contributed by atoms with E-state index in [4.69, 9.17) is 4.74 Å². The lowest BCUT2D eigenvalue weighted by Gasteiger charge is -2.24. The number of ether oxygens (including phenoxy) is 1. The van der Waals surface area contributed by atoms with Crippen LogP contribution in [0.4, 0.5) is 0 Å². The van der Waals surface area contributed by atoms with Crippen molar-refractivity contribution in [3.63, 3.8) is 0 Å². The molecule has 0 unspecified atom stereocenters. The molecule has 30 heavy (non-hydrogen) atoms. The van der Waals surface area contributed by atoms with Gasteiger partial charge in [0.1, 0.15) is 0 Å². The number of esters is 1. The zero-order chi connectivity index (χ0) is 23.6. The van der Waals surface area contributed by atoms with Gasteiger partial charge in [-0.05, 0) is 37.2 Å². The first kappa shape index (κ1) is 33.3. The molecule has 0 N–H and O–H groups in total. The zero-order valence-corrected chi connectivity index (χ0v) is 21.9. The maximum Gasteiger partial charge on any atom is 0.305 e. The Balaban J connectivity index is -0.000000336. The van der Waals surface area contributed by atoms with Crippen LogP contribution in [0.5, 0.6) is 0 Å². The van der Waals surface area contributed by atoms with Gasteiger partial charge >= 0.3 is 5.97 Å². The normalized spacial score (nSPS) is 12.5. The average molecular weight is 423 g/mol. The van der Waals surface area contributed by atoms with Gasteiger partial charge in [-0.15, -0.1) is 0 Å². The predicted molar refractivity (Wildman–Crippen MR) is 136 cm³/mol. The Morgan fingerprint density at radius 1 is 0.933 bits per heavy atom. The molecule has 0 aromatic heterocycles. The summed E-state index contributed by atoms with van der Waals surface area (Å²) in [4.78, 5) is 10.6. The highest BCUT2D eigenvalue weighted by Crippen LogP contribution is 2.29. The van der Waals surface area contributed by atoms with Crippen molar-refractivity contribution in [1.29, 1.82) is 0 Å². The van der Waals surface area contributed by atoms with E-state index in [0.717, 1.165) is 31.1 Å². The van der Waals surface area contributed by atoms with E-state index in [1.54, 1.807) is 0 Å². The van der Waals surface area contributed by atoms with E-state index >= 15 is 0 Å². The first-order valence-corrected chi connectivity index (χ1v) is 12.7. The third-order valence-electron chi connectivity index (χ3n) is 4.88. The molecule has 0 radical (unpaired) electrons. The highest BCUT2D eigenvalue weighted by Gasteiger charge is 2.15. The number of carbonyl (C=O) groups excluding carboxylic acids is 1. The number of hydrogen-bond donors (Lipinski definition) is 0. The summed E-state index contributed by atoms with van der Waals surface area (Å²) >= 11 is 0. The van der Waals surface area contributed by atoms with Crippen LogP contribution in [0.25, 0.3) is 0 Å². The van der Waals surface area contributed by atoms with Gasteiger partial charge in [0, 0.05) is 6.42 Å². The minimum Gasteiger partial charge on any atom is -0.466 e. The molecule has 0 spiro atoms. The van der Waals surface area contributed by atoms with Gasteiger partial charge in [0.15, 0.2) is 0 Å². The molecule has 0 heterocycles. The number of rotatable bonds is 6. The minimum atomic E-state index is -0.0700. The molecule has 1 aromatic rings. The first-order valence-electron chi connectivity index (χ1n) is 12.7. The second-order valence-electron chi connectivity index (χ2n) is 7.39. The van der Waals surface area contributed by atoms with Crippen LogP contribution < -0.4 is 0 Å². The van der Waals surface area contributed by atoms with Gasteiger partial charge in [0.05, 0.1) is 6.61 Å². The first-order chi connectivity index (χ1) is 14.5. The molecule has 0 saturated heterocycles. The van der Waals surface area contributed by atoms with Gasteiger partial charge < -0.3 is 4.74 Å². The molecule has 1 aliphatic carbocycles. The van der Waals surface area contributed by atoms with Crippen molar-refractivity contribution in [2.75, 3.05) is 6.61 Å². The number of unbranched alkanes of at least 4 members (excludes halogenated alkanes) is 1. The Bertz CT molecular complexity index is 420. The van der Waals surface area contributed by atoms with E-state index in [0.29, 0.717) is 13.0 Å².